The predicted octanol–water partition coefficient (Wildman–Crippen LogP) is 2.64. The Balaban J connectivity index is 2.06. The Morgan fingerprint density at radius 1 is 0.900 bits per heavy atom. The lowest BCUT2D eigenvalue weighted by atomic mass is 10.1. The van der Waals surface area contributed by atoms with Gasteiger partial charge in [-0.3, -0.25) is 0 Å². The van der Waals surface area contributed by atoms with Crippen LogP contribution in [0.5, 0.6) is 0 Å². The molecule has 0 radical (unpaired) electrons. The molecule has 2 aromatic rings. The highest BCUT2D eigenvalue weighted by Crippen LogP contribution is 2.12. The van der Waals surface area contributed by atoms with E-state index in [0.29, 0.717) is 0 Å². The van der Waals surface area contributed by atoms with Crippen LogP contribution in [-0.4, -0.2) is 23.6 Å². The fraction of sp³-hybridized carbons (Fsp3) is 0.412. The second-order valence-electron chi connectivity index (χ2n) is 5.13. The molecule has 1 aromatic heterocycles. The fourth-order valence-electron chi connectivity index (χ4n) is 2.43. The highest BCUT2D eigenvalue weighted by atomic mass is 14.9. The van der Waals surface area contributed by atoms with Gasteiger partial charge in [-0.1, -0.05) is 30.3 Å². The summed E-state index contributed by atoms with van der Waals surface area (Å²) >= 11 is 0. The van der Waals surface area contributed by atoms with Crippen LogP contribution in [0.25, 0.3) is 0 Å². The van der Waals surface area contributed by atoms with Crippen LogP contribution < -0.4 is 5.32 Å². The SMILES string of the molecule is CNCCc1c(C)nc(CCc2ccccc2)nc1C. The summed E-state index contributed by atoms with van der Waals surface area (Å²) in [4.78, 5) is 9.33. The van der Waals surface area contributed by atoms with Crippen molar-refractivity contribution in [1.82, 2.24) is 15.3 Å². The van der Waals surface area contributed by atoms with Crippen LogP contribution in [0.15, 0.2) is 30.3 Å². The van der Waals surface area contributed by atoms with Crippen molar-refractivity contribution in [3.63, 3.8) is 0 Å². The second-order valence-corrected chi connectivity index (χ2v) is 5.13. The first-order chi connectivity index (χ1) is 9.70. The Morgan fingerprint density at radius 2 is 1.55 bits per heavy atom. The zero-order chi connectivity index (χ0) is 14.4. The zero-order valence-corrected chi connectivity index (χ0v) is 12.6. The minimum Gasteiger partial charge on any atom is -0.319 e. The molecule has 3 nitrogen and oxygen atoms in total. The molecule has 0 bridgehead atoms. The molecule has 1 aromatic carbocycles. The highest BCUT2D eigenvalue weighted by molar-refractivity contribution is 5.25. The Morgan fingerprint density at radius 3 is 2.15 bits per heavy atom. The summed E-state index contributed by atoms with van der Waals surface area (Å²) < 4.78 is 0. The van der Waals surface area contributed by atoms with Crippen LogP contribution in [0, 0.1) is 13.8 Å². The van der Waals surface area contributed by atoms with E-state index in [2.05, 4.69) is 53.4 Å². The van der Waals surface area contributed by atoms with Crippen molar-refractivity contribution in [3.8, 4) is 0 Å². The third-order valence-electron chi connectivity index (χ3n) is 3.57. The summed E-state index contributed by atoms with van der Waals surface area (Å²) in [6.07, 6.45) is 2.89. The second kappa shape index (κ2) is 7.15. The molecule has 20 heavy (non-hydrogen) atoms. The van der Waals surface area contributed by atoms with Gasteiger partial charge in [-0.25, -0.2) is 9.97 Å². The first-order valence-corrected chi connectivity index (χ1v) is 7.22. The molecular formula is C17H23N3. The van der Waals surface area contributed by atoms with Crippen LogP contribution >= 0.6 is 0 Å². The van der Waals surface area contributed by atoms with E-state index in [1.165, 1.54) is 11.1 Å². The minimum absolute atomic E-state index is 0.901. The quantitative estimate of drug-likeness (QED) is 0.876. The van der Waals surface area contributed by atoms with Gasteiger partial charge in [0.25, 0.3) is 0 Å². The Labute approximate surface area is 121 Å². The predicted molar refractivity (Wildman–Crippen MR) is 83.0 cm³/mol. The topological polar surface area (TPSA) is 37.8 Å². The van der Waals surface area contributed by atoms with E-state index in [0.717, 1.165) is 43.0 Å². The van der Waals surface area contributed by atoms with Gasteiger partial charge in [0.05, 0.1) is 0 Å². The molecule has 0 atom stereocenters. The molecular weight excluding hydrogens is 246 g/mol. The van der Waals surface area contributed by atoms with Gasteiger partial charge in [0.15, 0.2) is 0 Å². The number of aryl methyl sites for hydroxylation is 4. The van der Waals surface area contributed by atoms with Gasteiger partial charge in [0, 0.05) is 17.8 Å². The smallest absolute Gasteiger partial charge is 0.129 e. The van der Waals surface area contributed by atoms with Crippen LogP contribution in [0.1, 0.15) is 28.3 Å². The molecule has 0 amide bonds. The lowest BCUT2D eigenvalue weighted by Gasteiger charge is -2.10. The maximum absolute atomic E-state index is 4.66. The van der Waals surface area contributed by atoms with Gasteiger partial charge in [-0.15, -0.1) is 0 Å². The van der Waals surface area contributed by atoms with Gasteiger partial charge in [0.2, 0.25) is 0 Å². The van der Waals surface area contributed by atoms with E-state index >= 15 is 0 Å². The molecule has 2 rings (SSSR count). The van der Waals surface area contributed by atoms with E-state index in [1.54, 1.807) is 0 Å². The fourth-order valence-corrected chi connectivity index (χ4v) is 2.43. The largest absolute Gasteiger partial charge is 0.319 e. The van der Waals surface area contributed by atoms with Crippen molar-refractivity contribution >= 4 is 0 Å². The van der Waals surface area contributed by atoms with Crippen LogP contribution in [-0.2, 0) is 19.3 Å². The maximum atomic E-state index is 4.66. The van der Waals surface area contributed by atoms with E-state index in [1.807, 2.05) is 13.1 Å². The van der Waals surface area contributed by atoms with Crippen molar-refractivity contribution in [2.24, 2.45) is 0 Å². The molecule has 0 saturated carbocycles. The molecule has 1 N–H and O–H groups in total. The monoisotopic (exact) mass is 269 g/mol. The van der Waals surface area contributed by atoms with Gasteiger partial charge in [-0.2, -0.15) is 0 Å². The van der Waals surface area contributed by atoms with Crippen LogP contribution in [0.3, 0.4) is 0 Å². The third-order valence-corrected chi connectivity index (χ3v) is 3.57. The maximum Gasteiger partial charge on any atom is 0.129 e. The van der Waals surface area contributed by atoms with Gasteiger partial charge in [0.1, 0.15) is 5.82 Å². The number of likely N-dealkylation sites (N-methyl/N-ethyl adjacent to an activating group) is 1. The third kappa shape index (κ3) is 3.87. The normalized spacial score (nSPS) is 10.8. The van der Waals surface area contributed by atoms with Crippen molar-refractivity contribution < 1.29 is 0 Å². The summed E-state index contributed by atoms with van der Waals surface area (Å²) in [7, 11) is 1.97. The number of hydrogen-bond acceptors (Lipinski definition) is 3. The molecule has 0 aliphatic rings. The van der Waals surface area contributed by atoms with E-state index in [-0.39, 0.29) is 0 Å². The number of nitrogens with zero attached hydrogens (tertiary/aromatic N) is 2. The average molecular weight is 269 g/mol. The van der Waals surface area contributed by atoms with Crippen LogP contribution in [0.2, 0.25) is 0 Å². The van der Waals surface area contributed by atoms with Crippen molar-refractivity contribution in [3.05, 3.63) is 58.7 Å². The Hall–Kier alpha value is -1.74. The summed E-state index contributed by atoms with van der Waals surface area (Å²) in [6.45, 7) is 5.14. The highest BCUT2D eigenvalue weighted by Gasteiger charge is 2.08. The first-order valence-electron chi connectivity index (χ1n) is 7.22. The van der Waals surface area contributed by atoms with Crippen LogP contribution in [0.4, 0.5) is 0 Å². The van der Waals surface area contributed by atoms with Crippen molar-refractivity contribution in [2.75, 3.05) is 13.6 Å². The van der Waals surface area contributed by atoms with Crippen molar-refractivity contribution in [2.45, 2.75) is 33.1 Å². The number of nitrogens with one attached hydrogen (secondary N) is 1. The molecule has 0 aliphatic heterocycles. The van der Waals surface area contributed by atoms with Gasteiger partial charge >= 0.3 is 0 Å². The standard InChI is InChI=1S/C17H23N3/c1-13-16(11-12-18-3)14(2)20-17(19-13)10-9-15-7-5-4-6-8-15/h4-8,18H,9-12H2,1-3H3. The lowest BCUT2D eigenvalue weighted by molar-refractivity contribution is 0.757. The first kappa shape index (κ1) is 14.7. The average Bonchev–Trinajstić information content (AvgIpc) is 2.45. The molecule has 0 fully saturated rings. The lowest BCUT2D eigenvalue weighted by Crippen LogP contribution is -2.14. The van der Waals surface area contributed by atoms with E-state index in [9.17, 15) is 0 Å². The van der Waals surface area contributed by atoms with Gasteiger partial charge in [-0.05, 0) is 51.4 Å². The molecule has 3 heteroatoms. The van der Waals surface area contributed by atoms with Crippen molar-refractivity contribution in [1.29, 1.82) is 0 Å². The molecule has 106 valence electrons. The van der Waals surface area contributed by atoms with E-state index in [4.69, 9.17) is 0 Å². The summed E-state index contributed by atoms with van der Waals surface area (Å²) in [5.41, 5.74) is 4.86. The van der Waals surface area contributed by atoms with Gasteiger partial charge < -0.3 is 5.32 Å². The summed E-state index contributed by atoms with van der Waals surface area (Å²) in [5.74, 6) is 0.956. The molecule has 0 aliphatic carbocycles. The summed E-state index contributed by atoms with van der Waals surface area (Å²) in [6, 6.07) is 10.5. The minimum atomic E-state index is 0.901. The Kier molecular flexibility index (Phi) is 5.24. The number of hydrogen-bond donors (Lipinski definition) is 1. The molecule has 0 spiro atoms. The number of aromatic nitrogens is 2. The summed E-state index contributed by atoms with van der Waals surface area (Å²) in [5, 5.41) is 3.18. The molecule has 0 saturated heterocycles. The van der Waals surface area contributed by atoms with E-state index < -0.39 is 0 Å². The Bertz CT molecular complexity index is 526. The zero-order valence-electron chi connectivity index (χ0n) is 12.6. The molecule has 0 unspecified atom stereocenters. The number of rotatable bonds is 6. The molecule has 1 heterocycles. The number of benzene rings is 1.